The van der Waals surface area contributed by atoms with Crippen molar-refractivity contribution >= 4 is 17.9 Å². The predicted octanol–water partition coefficient (Wildman–Crippen LogP) is 12.6. The van der Waals surface area contributed by atoms with Crippen molar-refractivity contribution in [2.24, 2.45) is 11.8 Å². The van der Waals surface area contributed by atoms with E-state index >= 15 is 0 Å². The van der Waals surface area contributed by atoms with Gasteiger partial charge in [0.05, 0.1) is 0 Å². The second-order valence-electron chi connectivity index (χ2n) is 15.2. The van der Waals surface area contributed by atoms with Gasteiger partial charge in [-0.15, -0.1) is 0 Å². The van der Waals surface area contributed by atoms with E-state index < -0.39 is 6.10 Å². The molecule has 0 radical (unpaired) electrons. The number of ether oxygens (including phenoxy) is 3. The van der Waals surface area contributed by atoms with Crippen molar-refractivity contribution in [2.75, 3.05) is 13.2 Å². The summed E-state index contributed by atoms with van der Waals surface area (Å²) in [4.78, 5) is 37.5. The van der Waals surface area contributed by atoms with Crippen LogP contribution in [-0.2, 0) is 28.6 Å². The summed E-state index contributed by atoms with van der Waals surface area (Å²) in [5.41, 5.74) is 0. The first-order valence-electron chi connectivity index (χ1n) is 20.7. The van der Waals surface area contributed by atoms with E-state index in [4.69, 9.17) is 14.2 Å². The van der Waals surface area contributed by atoms with Crippen molar-refractivity contribution < 1.29 is 28.6 Å². The van der Waals surface area contributed by atoms with Gasteiger partial charge >= 0.3 is 17.9 Å². The molecule has 0 heterocycles. The van der Waals surface area contributed by atoms with Gasteiger partial charge < -0.3 is 14.2 Å². The minimum absolute atomic E-state index is 0.0669. The van der Waals surface area contributed by atoms with Gasteiger partial charge in [-0.25, -0.2) is 0 Å². The van der Waals surface area contributed by atoms with Gasteiger partial charge in [0.15, 0.2) is 6.10 Å². The van der Waals surface area contributed by atoms with Crippen molar-refractivity contribution in [3.63, 3.8) is 0 Å². The molecule has 0 saturated heterocycles. The Hall–Kier alpha value is -1.59. The van der Waals surface area contributed by atoms with Gasteiger partial charge in [0, 0.05) is 19.3 Å². The van der Waals surface area contributed by atoms with Gasteiger partial charge in [-0.1, -0.05) is 182 Å². The van der Waals surface area contributed by atoms with E-state index in [1.165, 1.54) is 109 Å². The summed E-state index contributed by atoms with van der Waals surface area (Å²) in [7, 11) is 0. The summed E-state index contributed by atoms with van der Waals surface area (Å²) in [6.07, 6.45) is 31.1. The van der Waals surface area contributed by atoms with E-state index in [0.29, 0.717) is 19.3 Å². The zero-order valence-electron chi connectivity index (χ0n) is 32.6. The topological polar surface area (TPSA) is 78.9 Å². The Labute approximate surface area is 298 Å². The fourth-order valence-electron chi connectivity index (χ4n) is 6.05. The standard InChI is InChI=1S/C42H80O6/c1-6-7-8-9-10-11-12-13-16-22-27-32-40(43)46-35-39(48-42(45)34-29-24-19-18-21-26-31-38(4)5)36-47-41(44)33-28-23-17-14-15-20-25-30-37(2)3/h37-39H,6-36H2,1-5H3/t39-/m1/s1. The number of rotatable bonds is 36. The lowest BCUT2D eigenvalue weighted by Gasteiger charge is -2.18. The molecule has 6 nitrogen and oxygen atoms in total. The van der Waals surface area contributed by atoms with Crippen molar-refractivity contribution in [1.82, 2.24) is 0 Å². The molecule has 1 atom stereocenters. The number of hydrogen-bond acceptors (Lipinski definition) is 6. The second-order valence-corrected chi connectivity index (χ2v) is 15.2. The Bertz CT molecular complexity index is 734. The van der Waals surface area contributed by atoms with E-state index in [1.54, 1.807) is 0 Å². The van der Waals surface area contributed by atoms with E-state index in [0.717, 1.165) is 69.6 Å². The monoisotopic (exact) mass is 681 g/mol. The van der Waals surface area contributed by atoms with Crippen LogP contribution >= 0.6 is 0 Å². The molecule has 0 rings (SSSR count). The zero-order chi connectivity index (χ0) is 35.5. The van der Waals surface area contributed by atoms with Gasteiger partial charge in [-0.2, -0.15) is 0 Å². The first-order chi connectivity index (χ1) is 23.2. The van der Waals surface area contributed by atoms with Crippen LogP contribution in [0.1, 0.15) is 221 Å². The van der Waals surface area contributed by atoms with Gasteiger partial charge in [-0.05, 0) is 31.1 Å². The fourth-order valence-corrected chi connectivity index (χ4v) is 6.05. The van der Waals surface area contributed by atoms with Gasteiger partial charge in [0.25, 0.3) is 0 Å². The molecule has 0 fully saturated rings. The van der Waals surface area contributed by atoms with Crippen LogP contribution in [0.2, 0.25) is 0 Å². The molecule has 284 valence electrons. The third-order valence-electron chi connectivity index (χ3n) is 9.22. The maximum atomic E-state index is 12.6. The summed E-state index contributed by atoms with van der Waals surface area (Å²) in [6, 6.07) is 0. The van der Waals surface area contributed by atoms with Crippen LogP contribution in [0.15, 0.2) is 0 Å². The number of esters is 3. The van der Waals surface area contributed by atoms with Crippen LogP contribution < -0.4 is 0 Å². The summed E-state index contributed by atoms with van der Waals surface area (Å²) >= 11 is 0. The first kappa shape index (κ1) is 46.4. The number of hydrogen-bond donors (Lipinski definition) is 0. The second kappa shape index (κ2) is 35.2. The Kier molecular flexibility index (Phi) is 34.1. The minimum Gasteiger partial charge on any atom is -0.462 e. The Balaban J connectivity index is 4.35. The number of carbonyl (C=O) groups is 3. The zero-order valence-corrected chi connectivity index (χ0v) is 32.6. The van der Waals surface area contributed by atoms with Gasteiger partial charge in [0.1, 0.15) is 13.2 Å². The Morgan fingerprint density at radius 2 is 0.688 bits per heavy atom. The molecule has 6 heteroatoms. The van der Waals surface area contributed by atoms with Crippen LogP contribution in [0.5, 0.6) is 0 Å². The largest absolute Gasteiger partial charge is 0.462 e. The van der Waals surface area contributed by atoms with E-state index in [1.807, 2.05) is 0 Å². The van der Waals surface area contributed by atoms with Gasteiger partial charge in [-0.3, -0.25) is 14.4 Å². The van der Waals surface area contributed by atoms with Crippen LogP contribution in [0.25, 0.3) is 0 Å². The molecule has 0 aromatic rings. The van der Waals surface area contributed by atoms with Gasteiger partial charge in [0.2, 0.25) is 0 Å². The molecule has 0 saturated carbocycles. The van der Waals surface area contributed by atoms with Crippen molar-refractivity contribution in [2.45, 2.75) is 227 Å². The molecular formula is C42H80O6. The van der Waals surface area contributed by atoms with E-state index in [-0.39, 0.29) is 31.1 Å². The molecule has 0 bridgehead atoms. The predicted molar refractivity (Wildman–Crippen MR) is 201 cm³/mol. The average Bonchev–Trinajstić information content (AvgIpc) is 3.05. The molecule has 0 aliphatic carbocycles. The van der Waals surface area contributed by atoms with Crippen LogP contribution in [0, 0.1) is 11.8 Å². The highest BCUT2D eigenvalue weighted by Crippen LogP contribution is 2.15. The smallest absolute Gasteiger partial charge is 0.306 e. The minimum atomic E-state index is -0.760. The van der Waals surface area contributed by atoms with Crippen molar-refractivity contribution in [3.05, 3.63) is 0 Å². The highest BCUT2D eigenvalue weighted by molar-refractivity contribution is 5.71. The summed E-state index contributed by atoms with van der Waals surface area (Å²) in [5.74, 6) is 0.669. The first-order valence-corrected chi connectivity index (χ1v) is 20.7. The summed E-state index contributed by atoms with van der Waals surface area (Å²) < 4.78 is 16.6. The molecular weight excluding hydrogens is 600 g/mol. The maximum Gasteiger partial charge on any atom is 0.306 e. The lowest BCUT2D eigenvalue weighted by Crippen LogP contribution is -2.30. The highest BCUT2D eigenvalue weighted by Gasteiger charge is 2.19. The van der Waals surface area contributed by atoms with E-state index in [2.05, 4.69) is 34.6 Å². The SMILES string of the molecule is CCCCCCCCCCCCCC(=O)OC[C@H](COC(=O)CCCCCCCCCC(C)C)OC(=O)CCCCCCCCC(C)C. The number of carbonyl (C=O) groups excluding carboxylic acids is 3. The summed E-state index contributed by atoms with van der Waals surface area (Å²) in [6.45, 7) is 11.2. The van der Waals surface area contributed by atoms with Crippen LogP contribution in [0.4, 0.5) is 0 Å². The third kappa shape index (κ3) is 35.7. The van der Waals surface area contributed by atoms with Crippen LogP contribution in [0.3, 0.4) is 0 Å². The summed E-state index contributed by atoms with van der Waals surface area (Å²) in [5, 5.41) is 0. The molecule has 0 aromatic heterocycles. The molecule has 0 unspecified atom stereocenters. The molecule has 0 N–H and O–H groups in total. The molecule has 0 aliphatic rings. The molecule has 0 spiro atoms. The molecule has 0 amide bonds. The Morgan fingerprint density at radius 3 is 1.02 bits per heavy atom. The fraction of sp³-hybridized carbons (Fsp3) is 0.929. The molecule has 0 aromatic carbocycles. The maximum absolute atomic E-state index is 12.6. The third-order valence-corrected chi connectivity index (χ3v) is 9.22. The average molecular weight is 681 g/mol. The highest BCUT2D eigenvalue weighted by atomic mass is 16.6. The van der Waals surface area contributed by atoms with Crippen LogP contribution in [-0.4, -0.2) is 37.2 Å². The molecule has 48 heavy (non-hydrogen) atoms. The Morgan fingerprint density at radius 1 is 0.396 bits per heavy atom. The molecule has 0 aliphatic heterocycles. The lowest BCUT2D eigenvalue weighted by molar-refractivity contribution is -0.167. The van der Waals surface area contributed by atoms with Crippen molar-refractivity contribution in [3.8, 4) is 0 Å². The van der Waals surface area contributed by atoms with E-state index in [9.17, 15) is 14.4 Å². The normalized spacial score (nSPS) is 12.1. The number of unbranched alkanes of at least 4 members (excludes halogenated alkanes) is 21. The lowest BCUT2D eigenvalue weighted by atomic mass is 10.0. The van der Waals surface area contributed by atoms with Crippen molar-refractivity contribution in [1.29, 1.82) is 0 Å². The quantitative estimate of drug-likeness (QED) is 0.0372.